The Morgan fingerprint density at radius 1 is 0.889 bits per heavy atom. The van der Waals surface area contributed by atoms with E-state index in [1.165, 1.54) is 11.1 Å². The van der Waals surface area contributed by atoms with E-state index in [1.807, 2.05) is 12.1 Å². The molecule has 1 heteroatoms. The Bertz CT molecular complexity index is 602. The summed E-state index contributed by atoms with van der Waals surface area (Å²) in [5.41, 5.74) is 7.76. The molecule has 0 aromatic heterocycles. The fourth-order valence-electron chi connectivity index (χ4n) is 2.52. The van der Waals surface area contributed by atoms with Gasteiger partial charge in [-0.3, -0.25) is 0 Å². The smallest absolute Gasteiger partial charge is 0.0991 e. The van der Waals surface area contributed by atoms with Crippen LogP contribution in [0.15, 0.2) is 24.3 Å². The van der Waals surface area contributed by atoms with Crippen LogP contribution in [0.5, 0.6) is 0 Å². The molecule has 0 heterocycles. The highest BCUT2D eigenvalue weighted by atomic mass is 14.2. The molecule has 0 aliphatic carbocycles. The van der Waals surface area contributed by atoms with E-state index in [1.54, 1.807) is 0 Å². The van der Waals surface area contributed by atoms with Crippen molar-refractivity contribution in [2.75, 3.05) is 0 Å². The van der Waals surface area contributed by atoms with Gasteiger partial charge in [0.1, 0.15) is 0 Å². The van der Waals surface area contributed by atoms with Crippen molar-refractivity contribution in [3.63, 3.8) is 0 Å². The molecule has 18 heavy (non-hydrogen) atoms. The highest BCUT2D eigenvalue weighted by Gasteiger charge is 2.08. The molecule has 0 aliphatic heterocycles. The van der Waals surface area contributed by atoms with Gasteiger partial charge in [0.05, 0.1) is 11.6 Å². The summed E-state index contributed by atoms with van der Waals surface area (Å²) < 4.78 is 0. The maximum Gasteiger partial charge on any atom is 0.0991 e. The Kier molecular flexibility index (Phi) is 3.21. The molecule has 0 fully saturated rings. The Hall–Kier alpha value is -2.07. The van der Waals surface area contributed by atoms with Crippen LogP contribution in [0.25, 0.3) is 11.1 Å². The Labute approximate surface area is 109 Å². The zero-order chi connectivity index (χ0) is 13.3. The topological polar surface area (TPSA) is 23.8 Å². The quantitative estimate of drug-likeness (QED) is 0.723. The first kappa shape index (κ1) is 12.4. The van der Waals surface area contributed by atoms with Crippen LogP contribution in [0.2, 0.25) is 0 Å². The van der Waals surface area contributed by atoms with Crippen molar-refractivity contribution in [3.8, 4) is 17.2 Å². The molecule has 0 spiro atoms. The minimum absolute atomic E-state index is 0.727. The highest BCUT2D eigenvalue weighted by Crippen LogP contribution is 2.29. The minimum atomic E-state index is 0.727. The zero-order valence-electron chi connectivity index (χ0n) is 11.3. The van der Waals surface area contributed by atoms with Gasteiger partial charge in [0.15, 0.2) is 0 Å². The van der Waals surface area contributed by atoms with Gasteiger partial charge in [0.2, 0.25) is 0 Å². The molecule has 1 nitrogen and oxygen atoms in total. The molecule has 0 amide bonds. The molecule has 0 aliphatic rings. The number of aryl methyl sites for hydroxylation is 4. The lowest BCUT2D eigenvalue weighted by Gasteiger charge is -2.12. The van der Waals surface area contributed by atoms with Gasteiger partial charge in [0, 0.05) is 0 Å². The molecule has 0 bridgehead atoms. The number of hydrogen-bond donors (Lipinski definition) is 0. The van der Waals surface area contributed by atoms with Crippen molar-refractivity contribution in [3.05, 3.63) is 58.1 Å². The summed E-state index contributed by atoms with van der Waals surface area (Å²) in [5, 5.41) is 8.98. The number of nitrogens with zero attached hydrogens (tertiary/aromatic N) is 1. The summed E-state index contributed by atoms with van der Waals surface area (Å²) in [4.78, 5) is 0. The Balaban J connectivity index is 2.68. The maximum atomic E-state index is 8.98. The fourth-order valence-corrected chi connectivity index (χ4v) is 2.52. The summed E-state index contributed by atoms with van der Waals surface area (Å²) >= 11 is 0. The predicted molar refractivity (Wildman–Crippen MR) is 74.4 cm³/mol. The molecule has 2 rings (SSSR count). The van der Waals surface area contributed by atoms with Crippen LogP contribution in [0, 0.1) is 45.1 Å². The third-order valence-electron chi connectivity index (χ3n) is 3.09. The van der Waals surface area contributed by atoms with Gasteiger partial charge in [-0.2, -0.15) is 5.26 Å². The van der Waals surface area contributed by atoms with Crippen LogP contribution in [0.1, 0.15) is 27.8 Å². The monoisotopic (exact) mass is 234 g/mol. The largest absolute Gasteiger partial charge is 0.192 e. The molecule has 2 aromatic rings. The van der Waals surface area contributed by atoms with Gasteiger partial charge in [-0.1, -0.05) is 12.1 Å². The third-order valence-corrected chi connectivity index (χ3v) is 3.09. The minimum Gasteiger partial charge on any atom is -0.192 e. The molecule has 0 saturated carbocycles. The van der Waals surface area contributed by atoms with Gasteiger partial charge >= 0.3 is 0 Å². The van der Waals surface area contributed by atoms with Gasteiger partial charge in [0.25, 0.3) is 0 Å². The van der Waals surface area contributed by atoms with Crippen molar-refractivity contribution in [2.45, 2.75) is 27.7 Å². The first-order chi connectivity index (χ1) is 8.51. The standard InChI is InChI=1S/C17H16N/c1-11-5-12(2)7-16(6-11)17-13(3)8-15(10-18)9-14(17)4/h6-9H,1-4H3. The normalized spacial score (nSPS) is 10.2. The van der Waals surface area contributed by atoms with E-state index < -0.39 is 0 Å². The second kappa shape index (κ2) is 4.66. The molecule has 1 radical (unpaired) electrons. The first-order valence-electron chi connectivity index (χ1n) is 6.03. The van der Waals surface area contributed by atoms with Gasteiger partial charge in [-0.05, 0) is 79.3 Å². The average molecular weight is 234 g/mol. The fraction of sp³-hybridized carbons (Fsp3) is 0.235. The highest BCUT2D eigenvalue weighted by molar-refractivity contribution is 5.72. The molecule has 0 unspecified atom stereocenters. The second-order valence-corrected chi connectivity index (χ2v) is 4.83. The second-order valence-electron chi connectivity index (χ2n) is 4.83. The van der Waals surface area contributed by atoms with Crippen molar-refractivity contribution < 1.29 is 0 Å². The zero-order valence-corrected chi connectivity index (χ0v) is 11.3. The van der Waals surface area contributed by atoms with Crippen LogP contribution in [-0.4, -0.2) is 0 Å². The van der Waals surface area contributed by atoms with Crippen molar-refractivity contribution in [1.82, 2.24) is 0 Å². The van der Waals surface area contributed by atoms with Crippen molar-refractivity contribution in [1.29, 1.82) is 5.26 Å². The van der Waals surface area contributed by atoms with Crippen LogP contribution < -0.4 is 0 Å². The van der Waals surface area contributed by atoms with Crippen LogP contribution in [-0.2, 0) is 0 Å². The van der Waals surface area contributed by atoms with Crippen LogP contribution >= 0.6 is 0 Å². The van der Waals surface area contributed by atoms with Crippen molar-refractivity contribution >= 4 is 0 Å². The SMILES string of the molecule is Cc1[c]c(C)cc(-c2c(C)cc(C#N)cc2C)c1. The van der Waals surface area contributed by atoms with Crippen LogP contribution in [0.3, 0.4) is 0 Å². The molecule has 0 atom stereocenters. The molecule has 89 valence electrons. The summed E-state index contributed by atoms with van der Waals surface area (Å²) in [6, 6.07) is 13.7. The number of hydrogen-bond acceptors (Lipinski definition) is 1. The Morgan fingerprint density at radius 2 is 1.39 bits per heavy atom. The van der Waals surface area contributed by atoms with E-state index in [2.05, 4.69) is 52.0 Å². The first-order valence-corrected chi connectivity index (χ1v) is 6.03. The molecule has 2 aromatic carbocycles. The third kappa shape index (κ3) is 2.28. The molecular formula is C17H16N. The summed E-state index contributed by atoms with van der Waals surface area (Å²) in [7, 11) is 0. The lowest BCUT2D eigenvalue weighted by atomic mass is 9.92. The van der Waals surface area contributed by atoms with E-state index in [0.29, 0.717) is 0 Å². The molecular weight excluding hydrogens is 218 g/mol. The van der Waals surface area contributed by atoms with Gasteiger partial charge in [-0.15, -0.1) is 0 Å². The van der Waals surface area contributed by atoms with E-state index >= 15 is 0 Å². The lowest BCUT2D eigenvalue weighted by Crippen LogP contribution is -1.92. The molecule has 0 N–H and O–H groups in total. The predicted octanol–water partition coefficient (Wildman–Crippen LogP) is 4.26. The number of rotatable bonds is 1. The summed E-state index contributed by atoms with van der Waals surface area (Å²) in [6.07, 6.45) is 0. The van der Waals surface area contributed by atoms with Gasteiger partial charge in [-0.25, -0.2) is 0 Å². The lowest BCUT2D eigenvalue weighted by molar-refractivity contribution is 1.32. The van der Waals surface area contributed by atoms with E-state index in [0.717, 1.165) is 27.8 Å². The van der Waals surface area contributed by atoms with E-state index in [-0.39, 0.29) is 0 Å². The van der Waals surface area contributed by atoms with Gasteiger partial charge < -0.3 is 0 Å². The van der Waals surface area contributed by atoms with Crippen LogP contribution in [0.4, 0.5) is 0 Å². The number of nitriles is 1. The van der Waals surface area contributed by atoms with Crippen molar-refractivity contribution in [2.24, 2.45) is 0 Å². The number of benzene rings is 2. The average Bonchev–Trinajstić information content (AvgIpc) is 2.26. The summed E-state index contributed by atoms with van der Waals surface area (Å²) in [5.74, 6) is 0. The van der Waals surface area contributed by atoms with E-state index in [9.17, 15) is 0 Å². The summed E-state index contributed by atoms with van der Waals surface area (Å²) in [6.45, 7) is 8.24. The molecule has 0 saturated heterocycles. The van der Waals surface area contributed by atoms with E-state index in [4.69, 9.17) is 5.26 Å². The maximum absolute atomic E-state index is 8.98. The Morgan fingerprint density at radius 3 is 1.83 bits per heavy atom.